The van der Waals surface area contributed by atoms with Gasteiger partial charge in [-0.3, -0.25) is 0 Å². The summed E-state index contributed by atoms with van der Waals surface area (Å²) in [5.41, 5.74) is 2.35. The Labute approximate surface area is 77.1 Å². The second-order valence-electron chi connectivity index (χ2n) is 2.78. The van der Waals surface area contributed by atoms with Crippen molar-refractivity contribution in [1.29, 1.82) is 0 Å². The number of aliphatic hydroxyl groups is 1. The topological polar surface area (TPSA) is 48.9 Å². The molecule has 1 aliphatic rings. The van der Waals surface area contributed by atoms with E-state index in [4.69, 9.17) is 5.11 Å². The molecule has 4 heteroatoms. The summed E-state index contributed by atoms with van der Waals surface area (Å²) in [6, 6.07) is 0. The number of aromatic nitrogens is 2. The first kappa shape index (κ1) is 8.85. The van der Waals surface area contributed by atoms with Crippen molar-refractivity contribution in [1.82, 2.24) is 9.97 Å². The van der Waals surface area contributed by atoms with Gasteiger partial charge in [0.25, 0.3) is 0 Å². The molecule has 2 rings (SSSR count). The van der Waals surface area contributed by atoms with Gasteiger partial charge >= 0.3 is 0 Å². The summed E-state index contributed by atoms with van der Waals surface area (Å²) < 4.78 is 0. The van der Waals surface area contributed by atoms with E-state index >= 15 is 0 Å². The van der Waals surface area contributed by atoms with Crippen LogP contribution in [-0.2, 0) is 31.4 Å². The van der Waals surface area contributed by atoms with Crippen LogP contribution in [0.4, 0.5) is 0 Å². The smallest absolute Gasteiger partial charge is 0.0925 e. The first-order chi connectivity index (χ1) is 4.90. The van der Waals surface area contributed by atoms with Gasteiger partial charge in [-0.2, -0.15) is 0 Å². The maximum absolute atomic E-state index is 8.81. The second-order valence-corrected chi connectivity index (χ2v) is 2.78. The van der Waals surface area contributed by atoms with Crippen LogP contribution < -0.4 is 0 Å². The number of rotatable bonds is 1. The summed E-state index contributed by atoms with van der Waals surface area (Å²) in [7, 11) is 0. The molecule has 1 atom stereocenters. The third kappa shape index (κ3) is 1.50. The average molecular weight is 189 g/mol. The number of aliphatic hydroxyl groups excluding tert-OH is 1. The largest absolute Gasteiger partial charge is 0.396 e. The third-order valence-corrected chi connectivity index (χ3v) is 2.04. The van der Waals surface area contributed by atoms with Gasteiger partial charge in [-0.1, -0.05) is 0 Å². The summed E-state index contributed by atoms with van der Waals surface area (Å²) in [6.07, 6.45) is 3.62. The van der Waals surface area contributed by atoms with E-state index in [1.54, 1.807) is 6.33 Å². The number of nitrogens with zero attached hydrogens (tertiary/aromatic N) is 1. The van der Waals surface area contributed by atoms with Crippen LogP contribution in [0.5, 0.6) is 0 Å². The standard InChI is InChI=1S/C7H10N2O.V/c10-3-5-1-6-7(2-5)9-4-8-6;/h4-5,10H,1-3H2,(H,8,9);. The van der Waals surface area contributed by atoms with Crippen LogP contribution in [0.25, 0.3) is 0 Å². The predicted octanol–water partition coefficient (Wildman–Crippen LogP) is 0.114. The molecule has 1 aromatic heterocycles. The Hall–Kier alpha value is -0.246. The van der Waals surface area contributed by atoms with E-state index < -0.39 is 0 Å². The summed E-state index contributed by atoms with van der Waals surface area (Å²) in [5.74, 6) is 0.412. The SMILES string of the molecule is OCC1Cc2nc[nH]c2C1.[V]. The fraction of sp³-hybridized carbons (Fsp3) is 0.571. The second kappa shape index (κ2) is 3.43. The number of H-pyrrole nitrogens is 1. The monoisotopic (exact) mass is 189 g/mol. The Bertz CT molecular complexity index is 216. The van der Waals surface area contributed by atoms with Crippen molar-refractivity contribution in [2.24, 2.45) is 5.92 Å². The van der Waals surface area contributed by atoms with Crippen LogP contribution in [0.2, 0.25) is 0 Å². The van der Waals surface area contributed by atoms with Crippen LogP contribution >= 0.6 is 0 Å². The van der Waals surface area contributed by atoms with Crippen molar-refractivity contribution in [3.8, 4) is 0 Å². The Morgan fingerprint density at radius 2 is 2.45 bits per heavy atom. The normalized spacial score (nSPS) is 16.1. The number of imidazole rings is 1. The number of nitrogens with one attached hydrogen (secondary N) is 1. The van der Waals surface area contributed by atoms with Crippen LogP contribution in [0.3, 0.4) is 0 Å². The van der Waals surface area contributed by atoms with E-state index in [0.717, 1.165) is 18.5 Å². The number of hydrogen-bond donors (Lipinski definition) is 2. The van der Waals surface area contributed by atoms with Gasteiger partial charge in [-0.05, 0) is 18.8 Å². The van der Waals surface area contributed by atoms with Gasteiger partial charge in [0.2, 0.25) is 0 Å². The first-order valence-electron chi connectivity index (χ1n) is 3.52. The van der Waals surface area contributed by atoms with Crippen molar-refractivity contribution in [3.63, 3.8) is 0 Å². The molecule has 0 saturated carbocycles. The van der Waals surface area contributed by atoms with E-state index in [1.165, 1.54) is 5.69 Å². The van der Waals surface area contributed by atoms with Gasteiger partial charge in [-0.25, -0.2) is 4.98 Å². The van der Waals surface area contributed by atoms with E-state index in [2.05, 4.69) is 9.97 Å². The Morgan fingerprint density at radius 1 is 1.64 bits per heavy atom. The average Bonchev–Trinajstić information content (AvgIpc) is 2.42. The van der Waals surface area contributed by atoms with Crippen molar-refractivity contribution >= 4 is 0 Å². The van der Waals surface area contributed by atoms with Gasteiger partial charge in [0.15, 0.2) is 0 Å². The molecule has 0 fully saturated rings. The zero-order valence-corrected chi connectivity index (χ0v) is 7.51. The summed E-state index contributed by atoms with van der Waals surface area (Å²) in [6.45, 7) is 0.282. The summed E-state index contributed by atoms with van der Waals surface area (Å²) >= 11 is 0. The summed E-state index contributed by atoms with van der Waals surface area (Å²) in [4.78, 5) is 7.19. The molecule has 0 aromatic carbocycles. The van der Waals surface area contributed by atoms with Gasteiger partial charge in [-0.15, -0.1) is 0 Å². The summed E-state index contributed by atoms with van der Waals surface area (Å²) in [5, 5.41) is 8.81. The number of fused-ring (bicyclic) bond motifs is 1. The molecular weight excluding hydrogens is 179 g/mol. The number of hydrogen-bond acceptors (Lipinski definition) is 2. The molecular formula is C7H10N2OV. The molecule has 1 unspecified atom stereocenters. The minimum Gasteiger partial charge on any atom is -0.396 e. The molecule has 0 bridgehead atoms. The fourth-order valence-corrected chi connectivity index (χ4v) is 1.47. The maximum atomic E-state index is 8.81. The van der Waals surface area contributed by atoms with Crippen molar-refractivity contribution in [2.45, 2.75) is 12.8 Å². The molecule has 1 heterocycles. The first-order valence-corrected chi connectivity index (χ1v) is 3.52. The molecule has 0 saturated heterocycles. The van der Waals surface area contributed by atoms with Crippen molar-refractivity contribution < 1.29 is 23.7 Å². The van der Waals surface area contributed by atoms with Crippen LogP contribution in [-0.4, -0.2) is 21.7 Å². The van der Waals surface area contributed by atoms with Crippen LogP contribution in [0, 0.1) is 5.92 Å². The molecule has 2 N–H and O–H groups in total. The number of aromatic amines is 1. The molecule has 3 nitrogen and oxygen atoms in total. The van der Waals surface area contributed by atoms with Gasteiger partial charge in [0.05, 0.1) is 12.0 Å². The molecule has 0 spiro atoms. The molecule has 1 aliphatic carbocycles. The third-order valence-electron chi connectivity index (χ3n) is 2.04. The van der Waals surface area contributed by atoms with Gasteiger partial charge in [0, 0.05) is 30.9 Å². The minimum absolute atomic E-state index is 0. The fourth-order valence-electron chi connectivity index (χ4n) is 1.47. The van der Waals surface area contributed by atoms with Gasteiger partial charge < -0.3 is 10.1 Å². The van der Waals surface area contributed by atoms with E-state index in [-0.39, 0.29) is 25.2 Å². The van der Waals surface area contributed by atoms with Gasteiger partial charge in [0.1, 0.15) is 0 Å². The Morgan fingerprint density at radius 3 is 3.09 bits per heavy atom. The molecule has 59 valence electrons. The van der Waals surface area contributed by atoms with Crippen LogP contribution in [0.1, 0.15) is 11.4 Å². The van der Waals surface area contributed by atoms with Crippen molar-refractivity contribution in [2.75, 3.05) is 6.61 Å². The zero-order chi connectivity index (χ0) is 6.97. The minimum atomic E-state index is 0. The van der Waals surface area contributed by atoms with E-state index in [0.29, 0.717) is 5.92 Å². The Balaban J connectivity index is 0.000000605. The molecule has 1 aromatic rings. The van der Waals surface area contributed by atoms with E-state index in [1.807, 2.05) is 0 Å². The van der Waals surface area contributed by atoms with Crippen molar-refractivity contribution in [3.05, 3.63) is 17.7 Å². The van der Waals surface area contributed by atoms with E-state index in [9.17, 15) is 0 Å². The Kier molecular flexibility index (Phi) is 2.76. The predicted molar refractivity (Wildman–Crippen MR) is 36.6 cm³/mol. The molecule has 0 aliphatic heterocycles. The molecule has 11 heavy (non-hydrogen) atoms. The maximum Gasteiger partial charge on any atom is 0.0925 e. The molecule has 0 amide bonds. The molecule has 1 radical (unpaired) electrons. The zero-order valence-electron chi connectivity index (χ0n) is 6.12. The quantitative estimate of drug-likeness (QED) is 0.658. The van der Waals surface area contributed by atoms with Crippen LogP contribution in [0.15, 0.2) is 6.33 Å².